The fourth-order valence-corrected chi connectivity index (χ4v) is 3.43. The molecule has 0 fully saturated rings. The van der Waals surface area contributed by atoms with Gasteiger partial charge in [-0.05, 0) is 12.8 Å². The Bertz CT molecular complexity index is 293. The second-order valence-corrected chi connectivity index (χ2v) is 8.31. The first-order valence-corrected chi connectivity index (χ1v) is 12.6. The van der Waals surface area contributed by atoms with Crippen molar-refractivity contribution < 1.29 is 20.1 Å². The van der Waals surface area contributed by atoms with Crippen molar-refractivity contribution in [1.29, 1.82) is 0 Å². The molecule has 3 N–H and O–H groups in total. The van der Waals surface area contributed by atoms with E-state index in [-0.39, 0.29) is 13.2 Å². The molecule has 0 amide bonds. The summed E-state index contributed by atoms with van der Waals surface area (Å²) >= 11 is 0. The van der Waals surface area contributed by atoms with Crippen LogP contribution in [-0.2, 0) is 4.79 Å². The van der Waals surface area contributed by atoms with Gasteiger partial charge in [0.25, 0.3) is 0 Å². The molecule has 0 atom stereocenters. The summed E-state index contributed by atoms with van der Waals surface area (Å²) in [5.41, 5.74) is 0. The number of hydrogen-bond donors (Lipinski definition) is 3. The van der Waals surface area contributed by atoms with Gasteiger partial charge in [-0.15, -0.1) is 0 Å². The topological polar surface area (TPSA) is 77.8 Å². The van der Waals surface area contributed by atoms with E-state index >= 15 is 0 Å². The average molecular weight is 417 g/mol. The lowest BCUT2D eigenvalue weighted by Gasteiger charge is -2.03. The van der Waals surface area contributed by atoms with E-state index in [1.807, 2.05) is 0 Å². The molecule has 0 aliphatic heterocycles. The predicted octanol–water partition coefficient (Wildman–Crippen LogP) is 7.25. The number of aliphatic hydroxyl groups excluding tert-OH is 2. The van der Waals surface area contributed by atoms with Crippen LogP contribution in [0.2, 0.25) is 0 Å². The van der Waals surface area contributed by atoms with Gasteiger partial charge in [0.2, 0.25) is 0 Å². The first kappa shape index (κ1) is 30.6. The van der Waals surface area contributed by atoms with E-state index in [2.05, 4.69) is 6.92 Å². The molecule has 0 saturated carbocycles. The lowest BCUT2D eigenvalue weighted by atomic mass is 10.0. The van der Waals surface area contributed by atoms with Crippen LogP contribution in [0.5, 0.6) is 0 Å². The van der Waals surface area contributed by atoms with E-state index in [1.54, 1.807) is 0 Å². The van der Waals surface area contributed by atoms with E-state index in [1.165, 1.54) is 109 Å². The maximum Gasteiger partial charge on any atom is 0.303 e. The minimum absolute atomic E-state index is 0.0938. The number of aliphatic carboxylic acids is 1. The molecule has 0 aromatic rings. The van der Waals surface area contributed by atoms with Crippen molar-refractivity contribution in [3.8, 4) is 0 Å². The molecule has 0 heterocycles. The standard InChI is InChI=1S/C22H44O2.C3H8O2/c1-2-3-4-5-6-7-8-9-10-11-12-13-14-15-16-17-18-19-20-21-22(23)24;4-2-1-3-5/h2-21H2,1H3,(H,23,24);4-5H,1-3H2. The third-order valence-corrected chi connectivity index (χ3v) is 5.31. The minimum atomic E-state index is -0.651. The maximum absolute atomic E-state index is 10.4. The fourth-order valence-electron chi connectivity index (χ4n) is 3.43. The van der Waals surface area contributed by atoms with Gasteiger partial charge in [-0.1, -0.05) is 122 Å². The highest BCUT2D eigenvalue weighted by Gasteiger charge is 1.97. The summed E-state index contributed by atoms with van der Waals surface area (Å²) in [7, 11) is 0. The molecule has 0 aliphatic rings. The van der Waals surface area contributed by atoms with Crippen molar-refractivity contribution in [3.63, 3.8) is 0 Å². The second kappa shape index (κ2) is 29.6. The minimum Gasteiger partial charge on any atom is -0.481 e. The SMILES string of the molecule is CCCCCCCCCCCCCCCCCCCCCC(=O)O.OCCCO. The molecule has 29 heavy (non-hydrogen) atoms. The summed E-state index contributed by atoms with van der Waals surface area (Å²) in [5, 5.41) is 24.4. The highest BCUT2D eigenvalue weighted by molar-refractivity contribution is 5.66. The van der Waals surface area contributed by atoms with Crippen LogP contribution in [0.3, 0.4) is 0 Å². The summed E-state index contributed by atoms with van der Waals surface area (Å²) in [6.45, 7) is 2.47. The van der Waals surface area contributed by atoms with Crippen LogP contribution < -0.4 is 0 Å². The molecule has 0 bridgehead atoms. The van der Waals surface area contributed by atoms with Gasteiger partial charge in [0.05, 0.1) is 0 Å². The van der Waals surface area contributed by atoms with Gasteiger partial charge in [0, 0.05) is 19.6 Å². The summed E-state index contributed by atoms with van der Waals surface area (Å²) in [6.07, 6.45) is 26.6. The number of aliphatic hydroxyl groups is 2. The molecule has 4 heteroatoms. The molecular formula is C25H52O4. The first-order chi connectivity index (χ1) is 14.2. The van der Waals surface area contributed by atoms with Crippen molar-refractivity contribution >= 4 is 5.97 Å². The van der Waals surface area contributed by atoms with Gasteiger partial charge < -0.3 is 15.3 Å². The molecule has 0 unspecified atom stereocenters. The molecule has 176 valence electrons. The monoisotopic (exact) mass is 416 g/mol. The van der Waals surface area contributed by atoms with Crippen LogP contribution >= 0.6 is 0 Å². The highest BCUT2D eigenvalue weighted by atomic mass is 16.4. The lowest BCUT2D eigenvalue weighted by molar-refractivity contribution is -0.137. The second-order valence-electron chi connectivity index (χ2n) is 8.31. The van der Waals surface area contributed by atoms with Gasteiger partial charge in [-0.3, -0.25) is 4.79 Å². The normalized spacial score (nSPS) is 10.6. The van der Waals surface area contributed by atoms with Gasteiger partial charge >= 0.3 is 5.97 Å². The van der Waals surface area contributed by atoms with E-state index in [0.29, 0.717) is 12.8 Å². The summed E-state index contributed by atoms with van der Waals surface area (Å²) in [4.78, 5) is 10.4. The zero-order valence-corrected chi connectivity index (χ0v) is 19.5. The lowest BCUT2D eigenvalue weighted by Crippen LogP contribution is -1.93. The first-order valence-electron chi connectivity index (χ1n) is 12.6. The van der Waals surface area contributed by atoms with E-state index < -0.39 is 5.97 Å². The molecule has 0 radical (unpaired) electrons. The largest absolute Gasteiger partial charge is 0.481 e. The number of unbranched alkanes of at least 4 members (excludes halogenated alkanes) is 18. The molecule has 4 nitrogen and oxygen atoms in total. The molecule has 0 aliphatic carbocycles. The Hall–Kier alpha value is -0.610. The predicted molar refractivity (Wildman–Crippen MR) is 124 cm³/mol. The number of rotatable bonds is 22. The Labute approximate surface area is 181 Å². The highest BCUT2D eigenvalue weighted by Crippen LogP contribution is 2.14. The van der Waals surface area contributed by atoms with Crippen molar-refractivity contribution in [1.82, 2.24) is 0 Å². The van der Waals surface area contributed by atoms with Crippen molar-refractivity contribution in [3.05, 3.63) is 0 Å². The summed E-state index contributed by atoms with van der Waals surface area (Å²) in [5.74, 6) is -0.651. The fraction of sp³-hybridized carbons (Fsp3) is 0.960. The van der Waals surface area contributed by atoms with Gasteiger partial charge in [0.15, 0.2) is 0 Å². The van der Waals surface area contributed by atoms with Gasteiger partial charge in [0.1, 0.15) is 0 Å². The molecule has 0 aromatic heterocycles. The van der Waals surface area contributed by atoms with Crippen LogP contribution in [0.4, 0.5) is 0 Å². The third kappa shape index (κ3) is 35.2. The number of carboxylic acids is 1. The number of carbonyl (C=O) groups is 1. The molecule has 0 spiro atoms. The summed E-state index contributed by atoms with van der Waals surface area (Å²) in [6, 6.07) is 0. The third-order valence-electron chi connectivity index (χ3n) is 5.31. The molecule has 0 aromatic carbocycles. The molecular weight excluding hydrogens is 364 g/mol. The molecule has 0 rings (SSSR count). The quantitative estimate of drug-likeness (QED) is 0.162. The van der Waals surface area contributed by atoms with Crippen LogP contribution in [0.15, 0.2) is 0 Å². The Balaban J connectivity index is 0. The Kier molecular flexibility index (Phi) is 31.2. The Morgan fingerprint density at radius 1 is 0.483 bits per heavy atom. The van der Waals surface area contributed by atoms with E-state index in [4.69, 9.17) is 15.3 Å². The Morgan fingerprint density at radius 3 is 0.966 bits per heavy atom. The van der Waals surface area contributed by atoms with Crippen LogP contribution in [0.25, 0.3) is 0 Å². The Morgan fingerprint density at radius 2 is 0.759 bits per heavy atom. The average Bonchev–Trinajstić information content (AvgIpc) is 2.70. The van der Waals surface area contributed by atoms with Crippen molar-refractivity contribution in [2.45, 2.75) is 142 Å². The number of hydrogen-bond acceptors (Lipinski definition) is 3. The zero-order valence-electron chi connectivity index (χ0n) is 19.5. The summed E-state index contributed by atoms with van der Waals surface area (Å²) < 4.78 is 0. The van der Waals surface area contributed by atoms with E-state index in [0.717, 1.165) is 12.8 Å². The van der Waals surface area contributed by atoms with Gasteiger partial charge in [-0.25, -0.2) is 0 Å². The maximum atomic E-state index is 10.4. The zero-order chi connectivity index (χ0) is 21.8. The van der Waals surface area contributed by atoms with Crippen molar-refractivity contribution in [2.24, 2.45) is 0 Å². The van der Waals surface area contributed by atoms with Crippen LogP contribution in [0.1, 0.15) is 142 Å². The molecule has 0 saturated heterocycles. The smallest absolute Gasteiger partial charge is 0.303 e. The van der Waals surface area contributed by atoms with E-state index in [9.17, 15) is 4.79 Å². The van der Waals surface area contributed by atoms with Crippen LogP contribution in [0, 0.1) is 0 Å². The van der Waals surface area contributed by atoms with Crippen LogP contribution in [-0.4, -0.2) is 34.5 Å². The van der Waals surface area contributed by atoms with Gasteiger partial charge in [-0.2, -0.15) is 0 Å². The number of carboxylic acid groups (broad SMARTS) is 1. The van der Waals surface area contributed by atoms with Crippen molar-refractivity contribution in [2.75, 3.05) is 13.2 Å².